The van der Waals surface area contributed by atoms with Crippen LogP contribution in [0.1, 0.15) is 27.0 Å². The van der Waals surface area contributed by atoms with Crippen molar-refractivity contribution in [3.63, 3.8) is 0 Å². The highest BCUT2D eigenvalue weighted by molar-refractivity contribution is 9.10. The van der Waals surface area contributed by atoms with E-state index in [-0.39, 0.29) is 5.91 Å². The molecule has 3 heteroatoms. The van der Waals surface area contributed by atoms with E-state index >= 15 is 0 Å². The molecule has 0 unspecified atom stereocenters. The topological polar surface area (TPSA) is 20.3 Å². The number of carbonyl (C=O) groups is 1. The molecule has 0 saturated heterocycles. The summed E-state index contributed by atoms with van der Waals surface area (Å²) in [6, 6.07) is 13.9. The standard InChI is InChI=1S/C17H18BrNO/c1-12-8-9-15(13(2)10-12)17(20)19(3)11-14-6-4-5-7-16(14)18/h4-10H,11H2,1-3H3. The Kier molecular flexibility index (Phi) is 4.61. The number of rotatable bonds is 3. The number of halogens is 1. The quantitative estimate of drug-likeness (QED) is 0.819. The molecule has 0 aliphatic rings. The highest BCUT2D eigenvalue weighted by atomic mass is 79.9. The summed E-state index contributed by atoms with van der Waals surface area (Å²) >= 11 is 3.52. The van der Waals surface area contributed by atoms with Crippen LogP contribution in [0.2, 0.25) is 0 Å². The third-order valence-electron chi connectivity index (χ3n) is 3.32. The Morgan fingerprint density at radius 2 is 1.85 bits per heavy atom. The number of carbonyl (C=O) groups excluding carboxylic acids is 1. The first-order valence-electron chi connectivity index (χ1n) is 6.55. The number of hydrogen-bond donors (Lipinski definition) is 0. The van der Waals surface area contributed by atoms with Gasteiger partial charge in [-0.3, -0.25) is 4.79 Å². The van der Waals surface area contributed by atoms with Crippen LogP contribution in [0.15, 0.2) is 46.9 Å². The second-order valence-corrected chi connectivity index (χ2v) is 5.93. The van der Waals surface area contributed by atoms with Crippen LogP contribution in [0.25, 0.3) is 0 Å². The lowest BCUT2D eigenvalue weighted by Gasteiger charge is -2.19. The predicted molar refractivity (Wildman–Crippen MR) is 85.9 cm³/mol. The van der Waals surface area contributed by atoms with Gasteiger partial charge in [-0.1, -0.05) is 51.8 Å². The van der Waals surface area contributed by atoms with Crippen molar-refractivity contribution < 1.29 is 4.79 Å². The summed E-state index contributed by atoms with van der Waals surface area (Å²) < 4.78 is 1.03. The summed E-state index contributed by atoms with van der Waals surface area (Å²) in [6.45, 7) is 4.60. The Labute approximate surface area is 128 Å². The van der Waals surface area contributed by atoms with Crippen molar-refractivity contribution in [1.29, 1.82) is 0 Å². The molecule has 0 aromatic heterocycles. The van der Waals surface area contributed by atoms with Crippen molar-refractivity contribution in [2.24, 2.45) is 0 Å². The van der Waals surface area contributed by atoms with Crippen LogP contribution < -0.4 is 0 Å². The zero-order chi connectivity index (χ0) is 14.7. The minimum absolute atomic E-state index is 0.0539. The Morgan fingerprint density at radius 1 is 1.15 bits per heavy atom. The summed E-state index contributed by atoms with van der Waals surface area (Å²) in [7, 11) is 1.83. The number of hydrogen-bond acceptors (Lipinski definition) is 1. The van der Waals surface area contributed by atoms with Gasteiger partial charge in [-0.25, -0.2) is 0 Å². The minimum Gasteiger partial charge on any atom is -0.337 e. The molecule has 2 rings (SSSR count). The number of nitrogens with zero attached hydrogens (tertiary/aromatic N) is 1. The van der Waals surface area contributed by atoms with Crippen molar-refractivity contribution in [2.75, 3.05) is 7.05 Å². The van der Waals surface area contributed by atoms with E-state index in [0.29, 0.717) is 6.54 Å². The van der Waals surface area contributed by atoms with Gasteiger partial charge < -0.3 is 4.90 Å². The fourth-order valence-electron chi connectivity index (χ4n) is 2.21. The van der Waals surface area contributed by atoms with Crippen molar-refractivity contribution in [3.05, 3.63) is 69.2 Å². The summed E-state index contributed by atoms with van der Waals surface area (Å²) in [5.74, 6) is 0.0539. The number of amides is 1. The molecule has 2 nitrogen and oxygen atoms in total. The molecule has 2 aromatic rings. The first kappa shape index (κ1) is 14.8. The van der Waals surface area contributed by atoms with Crippen LogP contribution in [0.5, 0.6) is 0 Å². The Hall–Kier alpha value is -1.61. The van der Waals surface area contributed by atoms with Gasteiger partial charge in [-0.15, -0.1) is 0 Å². The van der Waals surface area contributed by atoms with E-state index in [2.05, 4.69) is 15.9 Å². The second-order valence-electron chi connectivity index (χ2n) is 5.07. The molecule has 0 spiro atoms. The van der Waals surface area contributed by atoms with E-state index < -0.39 is 0 Å². The number of aryl methyl sites for hydroxylation is 2. The monoisotopic (exact) mass is 331 g/mol. The summed E-state index contributed by atoms with van der Waals surface area (Å²) in [4.78, 5) is 14.3. The van der Waals surface area contributed by atoms with E-state index in [1.807, 2.05) is 63.4 Å². The lowest BCUT2D eigenvalue weighted by molar-refractivity contribution is 0.0784. The maximum Gasteiger partial charge on any atom is 0.254 e. The highest BCUT2D eigenvalue weighted by Crippen LogP contribution is 2.19. The maximum absolute atomic E-state index is 12.5. The molecule has 104 valence electrons. The Morgan fingerprint density at radius 3 is 2.50 bits per heavy atom. The minimum atomic E-state index is 0.0539. The molecule has 0 saturated carbocycles. The van der Waals surface area contributed by atoms with E-state index in [9.17, 15) is 4.79 Å². The molecule has 0 bridgehead atoms. The molecule has 0 N–H and O–H groups in total. The van der Waals surface area contributed by atoms with Crippen LogP contribution in [-0.4, -0.2) is 17.9 Å². The van der Waals surface area contributed by atoms with Gasteiger partial charge in [0.15, 0.2) is 0 Å². The molecular formula is C17H18BrNO. The van der Waals surface area contributed by atoms with Gasteiger partial charge in [0, 0.05) is 23.6 Å². The fourth-order valence-corrected chi connectivity index (χ4v) is 2.62. The fraction of sp³-hybridized carbons (Fsp3) is 0.235. The van der Waals surface area contributed by atoms with Gasteiger partial charge in [0.05, 0.1) is 0 Å². The first-order chi connectivity index (χ1) is 9.49. The second kappa shape index (κ2) is 6.23. The lowest BCUT2D eigenvalue weighted by Crippen LogP contribution is -2.27. The third kappa shape index (κ3) is 3.28. The SMILES string of the molecule is Cc1ccc(C(=O)N(C)Cc2ccccc2Br)c(C)c1. The van der Waals surface area contributed by atoms with Gasteiger partial charge >= 0.3 is 0 Å². The zero-order valence-corrected chi connectivity index (χ0v) is 13.6. The van der Waals surface area contributed by atoms with E-state index in [1.54, 1.807) is 4.90 Å². The maximum atomic E-state index is 12.5. The third-order valence-corrected chi connectivity index (χ3v) is 4.10. The molecule has 0 aliphatic heterocycles. The normalized spacial score (nSPS) is 10.4. The van der Waals surface area contributed by atoms with Crippen molar-refractivity contribution in [2.45, 2.75) is 20.4 Å². The smallest absolute Gasteiger partial charge is 0.254 e. The molecule has 0 aliphatic carbocycles. The summed E-state index contributed by atoms with van der Waals surface area (Å²) in [5, 5.41) is 0. The molecule has 0 atom stereocenters. The molecule has 2 aromatic carbocycles. The summed E-state index contributed by atoms with van der Waals surface area (Å²) in [5.41, 5.74) is 4.07. The average Bonchev–Trinajstić information content (AvgIpc) is 2.40. The number of benzene rings is 2. The van der Waals surface area contributed by atoms with Gasteiger partial charge in [0.1, 0.15) is 0 Å². The van der Waals surface area contributed by atoms with E-state index in [1.165, 1.54) is 5.56 Å². The average molecular weight is 332 g/mol. The van der Waals surface area contributed by atoms with E-state index in [4.69, 9.17) is 0 Å². The van der Waals surface area contributed by atoms with Gasteiger partial charge in [-0.05, 0) is 37.1 Å². The van der Waals surface area contributed by atoms with Crippen molar-refractivity contribution in [3.8, 4) is 0 Å². The molecule has 0 radical (unpaired) electrons. The zero-order valence-electron chi connectivity index (χ0n) is 12.0. The van der Waals surface area contributed by atoms with Crippen molar-refractivity contribution >= 4 is 21.8 Å². The molecule has 20 heavy (non-hydrogen) atoms. The molecule has 1 amide bonds. The van der Waals surface area contributed by atoms with Crippen LogP contribution in [-0.2, 0) is 6.54 Å². The van der Waals surface area contributed by atoms with Gasteiger partial charge in [0.2, 0.25) is 0 Å². The lowest BCUT2D eigenvalue weighted by atomic mass is 10.0. The van der Waals surface area contributed by atoms with Crippen LogP contribution in [0.3, 0.4) is 0 Å². The van der Waals surface area contributed by atoms with E-state index in [0.717, 1.165) is 21.2 Å². The van der Waals surface area contributed by atoms with Crippen LogP contribution in [0.4, 0.5) is 0 Å². The molecule has 0 fully saturated rings. The molecular weight excluding hydrogens is 314 g/mol. The van der Waals surface area contributed by atoms with Crippen LogP contribution in [0, 0.1) is 13.8 Å². The Bertz CT molecular complexity index is 637. The van der Waals surface area contributed by atoms with Gasteiger partial charge in [-0.2, -0.15) is 0 Å². The first-order valence-corrected chi connectivity index (χ1v) is 7.34. The Balaban J connectivity index is 2.19. The summed E-state index contributed by atoms with van der Waals surface area (Å²) in [6.07, 6.45) is 0. The highest BCUT2D eigenvalue weighted by Gasteiger charge is 2.15. The molecule has 0 heterocycles. The predicted octanol–water partition coefficient (Wildman–Crippen LogP) is 4.34. The largest absolute Gasteiger partial charge is 0.337 e. The van der Waals surface area contributed by atoms with Crippen LogP contribution >= 0.6 is 15.9 Å². The van der Waals surface area contributed by atoms with Crippen molar-refractivity contribution in [1.82, 2.24) is 4.90 Å². The van der Waals surface area contributed by atoms with Gasteiger partial charge in [0.25, 0.3) is 5.91 Å².